The second-order valence-corrected chi connectivity index (χ2v) is 7.05. The Bertz CT molecular complexity index is 1000. The lowest BCUT2D eigenvalue weighted by atomic mass is 10.1. The van der Waals surface area contributed by atoms with E-state index in [1.165, 1.54) is 29.9 Å². The number of aromatic nitrogens is 1. The molecule has 3 rings (SSSR count). The Labute approximate surface area is 167 Å². The number of ether oxygens (including phenoxy) is 1. The summed E-state index contributed by atoms with van der Waals surface area (Å²) in [4.78, 5) is 37.6. The number of hydrogen-bond acceptors (Lipinski definition) is 4. The number of hydrogen-bond donors (Lipinski definition) is 2. The molecule has 1 aliphatic carbocycles. The summed E-state index contributed by atoms with van der Waals surface area (Å²) in [6, 6.07) is 5.74. The zero-order valence-corrected chi connectivity index (χ0v) is 16.6. The third-order valence-corrected chi connectivity index (χ3v) is 4.82. The molecule has 2 unspecified atom stereocenters. The van der Waals surface area contributed by atoms with E-state index in [0.29, 0.717) is 17.7 Å². The summed E-state index contributed by atoms with van der Waals surface area (Å²) in [5, 5.41) is 5.27. The molecule has 1 aromatic carbocycles. The van der Waals surface area contributed by atoms with Crippen LogP contribution < -0.4 is 16.2 Å². The van der Waals surface area contributed by atoms with Gasteiger partial charge in [-0.25, -0.2) is 4.39 Å². The molecule has 1 aliphatic rings. The van der Waals surface area contributed by atoms with Crippen LogP contribution in [-0.4, -0.2) is 42.2 Å². The Balaban J connectivity index is 1.91. The van der Waals surface area contributed by atoms with Gasteiger partial charge in [0.1, 0.15) is 11.4 Å². The minimum Gasteiger partial charge on any atom is -0.376 e. The van der Waals surface area contributed by atoms with E-state index in [-0.39, 0.29) is 41.5 Å². The van der Waals surface area contributed by atoms with Gasteiger partial charge in [-0.2, -0.15) is 0 Å². The van der Waals surface area contributed by atoms with E-state index in [1.807, 2.05) is 6.92 Å². The second-order valence-electron chi connectivity index (χ2n) is 7.05. The van der Waals surface area contributed by atoms with Crippen molar-refractivity contribution >= 4 is 11.8 Å². The van der Waals surface area contributed by atoms with E-state index in [9.17, 15) is 18.8 Å². The van der Waals surface area contributed by atoms with E-state index in [2.05, 4.69) is 10.6 Å². The number of carbonyl (C=O) groups is 2. The number of nitrogens with zero attached hydrogens (tertiary/aromatic N) is 1. The molecule has 1 heterocycles. The van der Waals surface area contributed by atoms with Crippen molar-refractivity contribution in [2.75, 3.05) is 13.7 Å². The van der Waals surface area contributed by atoms with E-state index >= 15 is 0 Å². The van der Waals surface area contributed by atoms with Crippen LogP contribution in [0.1, 0.15) is 45.2 Å². The minimum atomic E-state index is -0.577. The highest BCUT2D eigenvalue weighted by Gasteiger charge is 2.39. The number of pyridine rings is 1. The topological polar surface area (TPSA) is 89.4 Å². The van der Waals surface area contributed by atoms with Crippen molar-refractivity contribution < 1.29 is 18.7 Å². The summed E-state index contributed by atoms with van der Waals surface area (Å²) in [6.45, 7) is 4.20. The summed E-state index contributed by atoms with van der Waals surface area (Å²) >= 11 is 0. The van der Waals surface area contributed by atoms with Crippen molar-refractivity contribution in [1.29, 1.82) is 0 Å². The zero-order chi connectivity index (χ0) is 21.1. The van der Waals surface area contributed by atoms with Crippen LogP contribution in [0.5, 0.6) is 0 Å². The number of halogens is 1. The average molecular weight is 401 g/mol. The number of benzene rings is 1. The van der Waals surface area contributed by atoms with Crippen molar-refractivity contribution in [1.82, 2.24) is 15.2 Å². The number of nitrogens with one attached hydrogen (secondary N) is 2. The largest absolute Gasteiger partial charge is 0.376 e. The Morgan fingerprint density at radius 1 is 1.28 bits per heavy atom. The molecule has 0 saturated heterocycles. The molecule has 7 nitrogen and oxygen atoms in total. The van der Waals surface area contributed by atoms with E-state index in [4.69, 9.17) is 4.74 Å². The smallest absolute Gasteiger partial charge is 0.263 e. The van der Waals surface area contributed by atoms with Crippen LogP contribution in [0, 0.1) is 12.7 Å². The van der Waals surface area contributed by atoms with Gasteiger partial charge in [-0.1, -0.05) is 12.1 Å². The van der Waals surface area contributed by atoms with Crippen LogP contribution in [0.25, 0.3) is 0 Å². The number of carbonyl (C=O) groups excluding carboxylic acids is 2. The molecule has 0 spiro atoms. The minimum absolute atomic E-state index is 0.00421. The lowest BCUT2D eigenvalue weighted by Gasteiger charge is -2.12. The molecular weight excluding hydrogens is 377 g/mol. The molecule has 0 aliphatic heterocycles. The molecule has 8 heteroatoms. The van der Waals surface area contributed by atoms with Gasteiger partial charge in [-0.05, 0) is 43.5 Å². The highest BCUT2D eigenvalue weighted by atomic mass is 19.1. The monoisotopic (exact) mass is 401 g/mol. The maximum absolute atomic E-state index is 13.5. The zero-order valence-electron chi connectivity index (χ0n) is 16.6. The van der Waals surface area contributed by atoms with Crippen molar-refractivity contribution in [3.05, 3.63) is 68.9 Å². The fourth-order valence-corrected chi connectivity index (χ4v) is 3.15. The summed E-state index contributed by atoms with van der Waals surface area (Å²) in [5.74, 6) is -1.30. The lowest BCUT2D eigenvalue weighted by Crippen LogP contribution is -2.35. The van der Waals surface area contributed by atoms with Gasteiger partial charge in [0.15, 0.2) is 0 Å². The number of aryl methyl sites for hydroxylation is 1. The first-order valence-electron chi connectivity index (χ1n) is 9.48. The van der Waals surface area contributed by atoms with Crippen LogP contribution in [0.4, 0.5) is 4.39 Å². The first-order valence-corrected chi connectivity index (χ1v) is 9.48. The predicted molar refractivity (Wildman–Crippen MR) is 106 cm³/mol. The standard InChI is InChI=1S/C21H24FN3O4/c1-4-29-18-9-17(18)24-19(26)14-8-15(20(27)23-3)21(28)25(11-14)10-13-5-6-16(22)12(2)7-13/h5-8,11,17-18H,4,9-10H2,1-3H3,(H,23,27)(H,24,26). The first-order chi connectivity index (χ1) is 13.8. The van der Waals surface area contributed by atoms with Crippen LogP contribution in [0.2, 0.25) is 0 Å². The quantitative estimate of drug-likeness (QED) is 0.738. The maximum Gasteiger partial charge on any atom is 0.263 e. The predicted octanol–water partition coefficient (Wildman–Crippen LogP) is 1.61. The van der Waals surface area contributed by atoms with Gasteiger partial charge in [0, 0.05) is 19.9 Å². The molecule has 1 saturated carbocycles. The van der Waals surface area contributed by atoms with Crippen LogP contribution in [0.15, 0.2) is 35.3 Å². The van der Waals surface area contributed by atoms with Gasteiger partial charge < -0.3 is 19.9 Å². The van der Waals surface area contributed by atoms with Crippen molar-refractivity contribution in [2.45, 2.75) is 39.0 Å². The molecule has 154 valence electrons. The normalized spacial score (nSPS) is 17.7. The molecule has 1 aromatic heterocycles. The number of rotatable bonds is 7. The molecule has 29 heavy (non-hydrogen) atoms. The fourth-order valence-electron chi connectivity index (χ4n) is 3.15. The van der Waals surface area contributed by atoms with Crippen molar-refractivity contribution in [2.24, 2.45) is 0 Å². The van der Waals surface area contributed by atoms with Gasteiger partial charge in [-0.15, -0.1) is 0 Å². The second kappa shape index (κ2) is 8.57. The van der Waals surface area contributed by atoms with E-state index in [0.717, 1.165) is 6.42 Å². The highest BCUT2D eigenvalue weighted by Crippen LogP contribution is 2.25. The van der Waals surface area contributed by atoms with Crippen LogP contribution in [-0.2, 0) is 11.3 Å². The molecule has 0 radical (unpaired) electrons. The molecule has 2 amide bonds. The highest BCUT2D eigenvalue weighted by molar-refractivity contribution is 5.99. The van der Waals surface area contributed by atoms with E-state index < -0.39 is 11.5 Å². The summed E-state index contributed by atoms with van der Waals surface area (Å²) in [6.07, 6.45) is 2.15. The molecule has 1 fully saturated rings. The number of amides is 2. The molecule has 2 N–H and O–H groups in total. The van der Waals surface area contributed by atoms with Crippen molar-refractivity contribution in [3.8, 4) is 0 Å². The molecule has 0 bridgehead atoms. The van der Waals surface area contributed by atoms with Crippen LogP contribution >= 0.6 is 0 Å². The van der Waals surface area contributed by atoms with Gasteiger partial charge in [0.05, 0.1) is 24.3 Å². The summed E-state index contributed by atoms with van der Waals surface area (Å²) in [5.41, 5.74) is 0.679. The molecular formula is C21H24FN3O4. The lowest BCUT2D eigenvalue weighted by molar-refractivity contribution is 0.0914. The van der Waals surface area contributed by atoms with Gasteiger partial charge >= 0.3 is 0 Å². The third kappa shape index (κ3) is 4.71. The Morgan fingerprint density at radius 3 is 2.69 bits per heavy atom. The van der Waals surface area contributed by atoms with Crippen LogP contribution in [0.3, 0.4) is 0 Å². The summed E-state index contributed by atoms with van der Waals surface area (Å²) < 4.78 is 20.3. The Morgan fingerprint density at radius 2 is 2.03 bits per heavy atom. The van der Waals surface area contributed by atoms with Gasteiger partial charge in [0.2, 0.25) is 0 Å². The SMILES string of the molecule is CCOC1CC1NC(=O)c1cc(C(=O)NC)c(=O)n(Cc2ccc(F)c(C)c2)c1. The third-order valence-electron chi connectivity index (χ3n) is 4.82. The summed E-state index contributed by atoms with van der Waals surface area (Å²) in [7, 11) is 1.42. The van der Waals surface area contributed by atoms with Gasteiger partial charge in [-0.3, -0.25) is 14.4 Å². The van der Waals surface area contributed by atoms with Crippen molar-refractivity contribution in [3.63, 3.8) is 0 Å². The fraction of sp³-hybridized carbons (Fsp3) is 0.381. The average Bonchev–Trinajstić information content (AvgIpc) is 3.43. The maximum atomic E-state index is 13.5. The Hall–Kier alpha value is -3.00. The Kier molecular flexibility index (Phi) is 6.12. The molecule has 2 atom stereocenters. The van der Waals surface area contributed by atoms with Gasteiger partial charge in [0.25, 0.3) is 17.4 Å². The van der Waals surface area contributed by atoms with E-state index in [1.54, 1.807) is 19.1 Å². The first kappa shape index (κ1) is 20.7. The molecule has 2 aromatic rings.